The molecule has 1 heteroatoms. The molecule has 0 aliphatic heterocycles. The zero-order chi connectivity index (χ0) is 50.1. The molecule has 0 atom stereocenters. The second-order valence-corrected chi connectivity index (χ2v) is 9.34. The average molecular weight is 572 g/mol. The summed E-state index contributed by atoms with van der Waals surface area (Å²) >= 11 is 0. The number of benzene rings is 8. The molecule has 0 radical (unpaired) electrons. The molecule has 0 N–H and O–H groups in total. The normalized spacial score (nSPS) is 19.9. The first-order chi connectivity index (χ1) is 31.7. The summed E-state index contributed by atoms with van der Waals surface area (Å²) < 4.78 is 229. The highest BCUT2D eigenvalue weighted by molar-refractivity contribution is 6.23. The van der Waals surface area contributed by atoms with Gasteiger partial charge in [0.05, 0.1) is 34.3 Å². The van der Waals surface area contributed by atoms with Crippen molar-refractivity contribution in [2.75, 3.05) is 0 Å². The maximum Gasteiger partial charge on any atom is 0.136 e. The molecule has 9 rings (SSSR count). The van der Waals surface area contributed by atoms with Gasteiger partial charge in [-0.05, 0) is 89.9 Å². The number of hydrogen-bond acceptors (Lipinski definition) is 1. The van der Waals surface area contributed by atoms with Crippen molar-refractivity contribution in [2.24, 2.45) is 0 Å². The first kappa shape index (κ1) is 9.97. The van der Waals surface area contributed by atoms with Gasteiger partial charge in [0.25, 0.3) is 0 Å². The first-order valence-electron chi connectivity index (χ1n) is 25.2. The van der Waals surface area contributed by atoms with Crippen molar-refractivity contribution in [3.05, 3.63) is 157 Å². The lowest BCUT2D eigenvalue weighted by Crippen LogP contribution is -1.91. The van der Waals surface area contributed by atoms with Gasteiger partial charge in [0.1, 0.15) is 11.2 Å². The van der Waals surface area contributed by atoms with E-state index in [4.69, 9.17) is 26.3 Å². The summed E-state index contributed by atoms with van der Waals surface area (Å²) in [7, 11) is 0. The highest BCUT2D eigenvalue weighted by atomic mass is 16.3. The Morgan fingerprint density at radius 2 is 0.930 bits per heavy atom. The van der Waals surface area contributed by atoms with Gasteiger partial charge in [-0.1, -0.05) is 133 Å². The molecule has 0 aliphatic rings. The highest BCUT2D eigenvalue weighted by Crippen LogP contribution is 2.45. The van der Waals surface area contributed by atoms with Crippen LogP contribution >= 0.6 is 0 Å². The molecule has 43 heavy (non-hydrogen) atoms. The van der Waals surface area contributed by atoms with Gasteiger partial charge in [-0.2, -0.15) is 0 Å². The lowest BCUT2D eigenvalue weighted by Gasteiger charge is -2.18. The monoisotopic (exact) mass is 571 g/mol. The van der Waals surface area contributed by atoms with E-state index < -0.39 is 233 Å². The van der Waals surface area contributed by atoms with Crippen LogP contribution in [0.1, 0.15) is 34.3 Å². The van der Waals surface area contributed by atoms with Crippen LogP contribution in [0.4, 0.5) is 0 Å². The molecular formula is C42H26O. The van der Waals surface area contributed by atoms with Crippen molar-refractivity contribution in [2.45, 2.75) is 0 Å². The third-order valence-electron chi connectivity index (χ3n) is 7.02. The third-order valence-corrected chi connectivity index (χ3v) is 7.02. The van der Waals surface area contributed by atoms with Crippen molar-refractivity contribution >= 4 is 54.3 Å². The predicted molar refractivity (Wildman–Crippen MR) is 183 cm³/mol. The van der Waals surface area contributed by atoms with E-state index in [2.05, 4.69) is 0 Å². The maximum atomic E-state index is 9.84. The van der Waals surface area contributed by atoms with Gasteiger partial charge in [-0.15, -0.1) is 0 Å². The Labute approximate surface area is 284 Å². The van der Waals surface area contributed by atoms with Gasteiger partial charge in [0.2, 0.25) is 0 Å². The molecule has 0 bridgehead atoms. The molecule has 0 saturated carbocycles. The SMILES string of the molecule is [2H]c1cc(-c2c([2H])c([2H])c([2H])c([2H])c2[2H])c([2H])c(-c2c3c([2H])c([2H])c([2H])c([2H])c3c(-c3c([2H])c([2H])c4oc5c([2H])c([2H])c6c([2H])c([2H])c([2H])c([2H])c6c5c4c3[2H])c3c([2H])c([2H])c([2H])c([2H])c23)c1[2H]. The molecular weight excluding hydrogens is 520 g/mol. The highest BCUT2D eigenvalue weighted by Gasteiger charge is 2.18. The van der Waals surface area contributed by atoms with Gasteiger partial charge >= 0.3 is 0 Å². The van der Waals surface area contributed by atoms with Crippen LogP contribution in [0.3, 0.4) is 0 Å². The molecule has 0 saturated heterocycles. The fourth-order valence-corrected chi connectivity index (χ4v) is 5.23. The maximum absolute atomic E-state index is 9.84. The molecule has 0 aliphatic carbocycles. The van der Waals surface area contributed by atoms with Gasteiger partial charge < -0.3 is 4.42 Å². The second kappa shape index (κ2) is 9.44. The lowest BCUT2D eigenvalue weighted by molar-refractivity contribution is 0.669. The summed E-state index contributed by atoms with van der Waals surface area (Å²) in [5.41, 5.74) is -5.04. The van der Waals surface area contributed by atoms with E-state index >= 15 is 0 Å². The zero-order valence-electron chi connectivity index (χ0n) is 46.5. The fourth-order valence-electron chi connectivity index (χ4n) is 5.23. The Kier molecular flexibility index (Phi) is 2.19. The Balaban J connectivity index is 1.61. The van der Waals surface area contributed by atoms with Crippen LogP contribution in [0.5, 0.6) is 0 Å². The molecule has 0 amide bonds. The summed E-state index contributed by atoms with van der Waals surface area (Å²) in [6.07, 6.45) is 0. The van der Waals surface area contributed by atoms with Crippen molar-refractivity contribution in [3.63, 3.8) is 0 Å². The van der Waals surface area contributed by atoms with Crippen LogP contribution in [0, 0.1) is 0 Å². The van der Waals surface area contributed by atoms with E-state index in [1.54, 1.807) is 0 Å². The predicted octanol–water partition coefficient (Wildman–Crippen LogP) is 12.0. The Hall–Kier alpha value is -5.66. The molecule has 8 aromatic carbocycles. The largest absolute Gasteiger partial charge is 0.456 e. The average Bonchev–Trinajstić information content (AvgIpc) is 3.71. The molecule has 9 aromatic rings. The van der Waals surface area contributed by atoms with Crippen molar-refractivity contribution < 1.29 is 38.7 Å². The van der Waals surface area contributed by atoms with Gasteiger partial charge in [0.15, 0.2) is 0 Å². The number of hydrogen-bond donors (Lipinski definition) is 0. The second-order valence-electron chi connectivity index (χ2n) is 9.34. The van der Waals surface area contributed by atoms with Crippen LogP contribution in [0.2, 0.25) is 0 Å². The van der Waals surface area contributed by atoms with E-state index in [9.17, 15) is 12.3 Å². The first-order valence-corrected chi connectivity index (χ1v) is 12.7. The molecule has 1 heterocycles. The molecule has 1 nitrogen and oxygen atoms in total. The number of rotatable bonds is 3. The summed E-state index contributed by atoms with van der Waals surface area (Å²) in [5.74, 6) is 0. The summed E-state index contributed by atoms with van der Waals surface area (Å²) in [6.45, 7) is 0. The zero-order valence-corrected chi connectivity index (χ0v) is 21.5. The Morgan fingerprint density at radius 3 is 1.63 bits per heavy atom. The van der Waals surface area contributed by atoms with Crippen LogP contribution < -0.4 is 0 Å². The van der Waals surface area contributed by atoms with E-state index in [1.165, 1.54) is 0 Å². The quantitative estimate of drug-likeness (QED) is 0.192. The van der Waals surface area contributed by atoms with E-state index in [-0.39, 0.29) is 5.39 Å². The molecule has 0 unspecified atom stereocenters. The minimum atomic E-state index is -0.955. The minimum absolute atomic E-state index is 0.373. The van der Waals surface area contributed by atoms with E-state index in [0.29, 0.717) is 0 Å². The number of furan rings is 1. The summed E-state index contributed by atoms with van der Waals surface area (Å²) in [6, 6.07) is -20.4. The topological polar surface area (TPSA) is 13.1 Å². The van der Waals surface area contributed by atoms with Gasteiger partial charge in [-0.3, -0.25) is 0 Å². The van der Waals surface area contributed by atoms with Crippen LogP contribution in [-0.2, 0) is 0 Å². The van der Waals surface area contributed by atoms with Gasteiger partial charge in [-0.25, -0.2) is 0 Å². The third kappa shape index (κ3) is 3.72. The molecule has 200 valence electrons. The van der Waals surface area contributed by atoms with Crippen molar-refractivity contribution in [1.82, 2.24) is 0 Å². The summed E-state index contributed by atoms with van der Waals surface area (Å²) in [5, 5.41) is -4.45. The summed E-state index contributed by atoms with van der Waals surface area (Å²) in [4.78, 5) is 0. The molecule has 0 fully saturated rings. The van der Waals surface area contributed by atoms with Gasteiger partial charge in [0, 0.05) is 10.8 Å². The minimum Gasteiger partial charge on any atom is -0.456 e. The van der Waals surface area contributed by atoms with Crippen LogP contribution in [0.25, 0.3) is 87.6 Å². The fraction of sp³-hybridized carbons (Fsp3) is 0. The van der Waals surface area contributed by atoms with Crippen LogP contribution in [-0.4, -0.2) is 0 Å². The number of fused-ring (bicyclic) bond motifs is 7. The molecule has 0 spiro atoms. The van der Waals surface area contributed by atoms with E-state index in [1.807, 2.05) is 0 Å². The lowest BCUT2D eigenvalue weighted by atomic mass is 9.85. The Morgan fingerprint density at radius 1 is 0.372 bits per heavy atom. The standard InChI is InChI=1S/C42H26O/c1-2-11-27(12-3-1)29-14-10-15-30(25-29)40-33-17-6-8-19-35(33)41(36-20-9-7-18-34(36)40)31-22-23-38-37(26-31)42-32-16-5-4-13-28(32)21-24-39(42)43-38/h1-26H/i1D,2D,3D,4D,5D,6D,7D,8D,9D,10D,11D,12D,13D,15D,16D,17D,18D,19D,20D,21D,22D,23D,24D,25D,26D. The van der Waals surface area contributed by atoms with Crippen molar-refractivity contribution in [3.8, 4) is 33.4 Å². The smallest absolute Gasteiger partial charge is 0.136 e. The Bertz CT molecular complexity index is 3800. The van der Waals surface area contributed by atoms with Crippen molar-refractivity contribution in [1.29, 1.82) is 0 Å². The van der Waals surface area contributed by atoms with E-state index in [0.717, 1.165) is 6.07 Å². The molecule has 1 aromatic heterocycles. The van der Waals surface area contributed by atoms with Crippen LogP contribution in [0.15, 0.2) is 162 Å².